The highest BCUT2D eigenvalue weighted by Crippen LogP contribution is 2.40. The number of fused-ring (bicyclic) bond motifs is 1. The van der Waals surface area contributed by atoms with E-state index in [-0.39, 0.29) is 11.0 Å². The highest BCUT2D eigenvalue weighted by molar-refractivity contribution is 5.93. The van der Waals surface area contributed by atoms with Gasteiger partial charge in [-0.25, -0.2) is 4.79 Å². The third kappa shape index (κ3) is 3.82. The van der Waals surface area contributed by atoms with Crippen LogP contribution in [0.15, 0.2) is 57.6 Å². The maximum Gasteiger partial charge on any atom is 0.335 e. The van der Waals surface area contributed by atoms with Crippen LogP contribution in [0, 0.1) is 5.41 Å². The molecule has 0 aliphatic heterocycles. The molecule has 26 heavy (non-hydrogen) atoms. The largest absolute Gasteiger partial charge is 0.478 e. The predicted octanol–water partition coefficient (Wildman–Crippen LogP) is 6.62. The quantitative estimate of drug-likeness (QED) is 0.631. The van der Waals surface area contributed by atoms with E-state index in [2.05, 4.69) is 39.8 Å². The van der Waals surface area contributed by atoms with Crippen LogP contribution in [-0.4, -0.2) is 11.1 Å². The number of benzene rings is 1. The zero-order chi connectivity index (χ0) is 18.9. The Morgan fingerprint density at radius 3 is 2.73 bits per heavy atom. The highest BCUT2D eigenvalue weighted by Gasteiger charge is 2.26. The van der Waals surface area contributed by atoms with Gasteiger partial charge in [-0.05, 0) is 73.9 Å². The molecule has 0 amide bonds. The second-order valence-corrected chi connectivity index (χ2v) is 7.86. The first-order chi connectivity index (χ1) is 12.3. The second-order valence-electron chi connectivity index (χ2n) is 7.86. The van der Waals surface area contributed by atoms with Gasteiger partial charge in [-0.2, -0.15) is 0 Å². The number of aromatic carboxylic acids is 1. The van der Waals surface area contributed by atoms with E-state index in [4.69, 9.17) is 9.52 Å². The van der Waals surface area contributed by atoms with Crippen molar-refractivity contribution in [3.05, 3.63) is 64.5 Å². The summed E-state index contributed by atoms with van der Waals surface area (Å²) in [6, 6.07) is 6.89. The minimum absolute atomic E-state index is 0.228. The number of carboxylic acid groups (broad SMARTS) is 1. The molecule has 1 aliphatic rings. The van der Waals surface area contributed by atoms with Crippen LogP contribution in [0.3, 0.4) is 0 Å². The maximum atomic E-state index is 11.1. The summed E-state index contributed by atoms with van der Waals surface area (Å²) in [7, 11) is 0. The Labute approximate surface area is 154 Å². The summed E-state index contributed by atoms with van der Waals surface area (Å²) in [4.78, 5) is 11.1. The number of hydrogen-bond donors (Lipinski definition) is 1. The fraction of sp³-hybridized carbons (Fsp3) is 0.348. The number of hydrogen-bond acceptors (Lipinski definition) is 2. The number of allylic oxidation sites excluding steroid dienone is 5. The summed E-state index contributed by atoms with van der Waals surface area (Å²) in [6.45, 7) is 8.92. The molecule has 3 rings (SSSR count). The summed E-state index contributed by atoms with van der Waals surface area (Å²) in [5, 5.41) is 9.99. The van der Waals surface area contributed by atoms with E-state index < -0.39 is 5.97 Å². The van der Waals surface area contributed by atoms with Crippen molar-refractivity contribution in [3.8, 4) is 0 Å². The van der Waals surface area contributed by atoms with E-state index >= 15 is 0 Å². The SMILES string of the molecule is CC1=C(/C=C/C(C)=C/c2cc3ccc(C(=O)O)cc3o2)C(C)(C)CCC1. The number of furan rings is 1. The monoisotopic (exact) mass is 350 g/mol. The van der Waals surface area contributed by atoms with Gasteiger partial charge in [0.15, 0.2) is 0 Å². The Balaban J connectivity index is 1.85. The van der Waals surface area contributed by atoms with Crippen LogP contribution in [0.1, 0.15) is 63.1 Å². The van der Waals surface area contributed by atoms with Gasteiger partial charge >= 0.3 is 5.97 Å². The molecule has 136 valence electrons. The maximum absolute atomic E-state index is 11.1. The van der Waals surface area contributed by atoms with Crippen molar-refractivity contribution in [2.45, 2.75) is 47.0 Å². The first-order valence-corrected chi connectivity index (χ1v) is 9.10. The van der Waals surface area contributed by atoms with Gasteiger partial charge in [-0.3, -0.25) is 0 Å². The van der Waals surface area contributed by atoms with Crippen LogP contribution in [0.2, 0.25) is 0 Å². The van der Waals surface area contributed by atoms with E-state index in [0.717, 1.165) is 16.7 Å². The molecule has 0 saturated heterocycles. The van der Waals surface area contributed by atoms with Gasteiger partial charge in [0, 0.05) is 5.39 Å². The molecule has 0 saturated carbocycles. The number of carboxylic acids is 1. The highest BCUT2D eigenvalue weighted by atomic mass is 16.4. The van der Waals surface area contributed by atoms with E-state index in [1.165, 1.54) is 30.4 Å². The molecule has 0 bridgehead atoms. The van der Waals surface area contributed by atoms with Crippen LogP contribution < -0.4 is 0 Å². The molecule has 1 aromatic carbocycles. The lowest BCUT2D eigenvalue weighted by atomic mass is 9.72. The van der Waals surface area contributed by atoms with Crippen LogP contribution in [0.4, 0.5) is 0 Å². The van der Waals surface area contributed by atoms with Crippen molar-refractivity contribution in [1.82, 2.24) is 0 Å². The van der Waals surface area contributed by atoms with Crippen molar-refractivity contribution in [3.63, 3.8) is 0 Å². The van der Waals surface area contributed by atoms with Crippen LogP contribution >= 0.6 is 0 Å². The molecule has 0 radical (unpaired) electrons. The first kappa shape index (κ1) is 18.2. The molecule has 0 fully saturated rings. The molecule has 3 heteroatoms. The van der Waals surface area contributed by atoms with Crippen molar-refractivity contribution < 1.29 is 14.3 Å². The van der Waals surface area contributed by atoms with Crippen LogP contribution in [0.25, 0.3) is 17.0 Å². The molecule has 0 unspecified atom stereocenters. The molecular weight excluding hydrogens is 324 g/mol. The van der Waals surface area contributed by atoms with Gasteiger partial charge in [-0.15, -0.1) is 0 Å². The minimum Gasteiger partial charge on any atom is -0.478 e. The number of carbonyl (C=O) groups is 1. The van der Waals surface area contributed by atoms with E-state index in [0.29, 0.717) is 5.58 Å². The Morgan fingerprint density at radius 2 is 2.04 bits per heavy atom. The van der Waals surface area contributed by atoms with Gasteiger partial charge in [0.2, 0.25) is 0 Å². The van der Waals surface area contributed by atoms with Gasteiger partial charge in [-0.1, -0.05) is 37.6 Å². The van der Waals surface area contributed by atoms with E-state index in [1.54, 1.807) is 18.2 Å². The fourth-order valence-electron chi connectivity index (χ4n) is 3.75. The van der Waals surface area contributed by atoms with Gasteiger partial charge in [0.1, 0.15) is 11.3 Å². The Kier molecular flexibility index (Phi) is 4.90. The fourth-order valence-corrected chi connectivity index (χ4v) is 3.75. The standard InChI is InChI=1S/C23H26O3/c1-15(7-10-20-16(2)6-5-11-23(20,3)4)12-19-13-17-8-9-18(22(24)25)14-21(17)26-19/h7-10,12-14H,5-6,11H2,1-4H3,(H,24,25)/b10-7+,15-12+. The Hall–Kier alpha value is -2.55. The normalized spacial score (nSPS) is 18.1. The molecule has 3 nitrogen and oxygen atoms in total. The third-order valence-electron chi connectivity index (χ3n) is 5.21. The lowest BCUT2D eigenvalue weighted by Gasteiger charge is -2.32. The topological polar surface area (TPSA) is 50.4 Å². The molecule has 1 heterocycles. The van der Waals surface area contributed by atoms with Crippen molar-refractivity contribution in [1.29, 1.82) is 0 Å². The second kappa shape index (κ2) is 6.99. The minimum atomic E-state index is -0.946. The van der Waals surface area contributed by atoms with E-state index in [9.17, 15) is 4.79 Å². The first-order valence-electron chi connectivity index (χ1n) is 9.10. The molecule has 0 atom stereocenters. The van der Waals surface area contributed by atoms with Gasteiger partial charge < -0.3 is 9.52 Å². The van der Waals surface area contributed by atoms with Crippen molar-refractivity contribution in [2.24, 2.45) is 5.41 Å². The number of rotatable bonds is 4. The van der Waals surface area contributed by atoms with Gasteiger partial charge in [0.25, 0.3) is 0 Å². The van der Waals surface area contributed by atoms with Crippen molar-refractivity contribution in [2.75, 3.05) is 0 Å². The molecule has 2 aromatic rings. The summed E-state index contributed by atoms with van der Waals surface area (Å²) in [5.74, 6) is -0.212. The lowest BCUT2D eigenvalue weighted by Crippen LogP contribution is -2.19. The zero-order valence-electron chi connectivity index (χ0n) is 15.9. The zero-order valence-corrected chi connectivity index (χ0v) is 15.9. The molecule has 1 aliphatic carbocycles. The lowest BCUT2D eigenvalue weighted by molar-refractivity contribution is 0.0697. The third-order valence-corrected chi connectivity index (χ3v) is 5.21. The Morgan fingerprint density at radius 1 is 1.27 bits per heavy atom. The molecule has 1 N–H and O–H groups in total. The average molecular weight is 350 g/mol. The summed E-state index contributed by atoms with van der Waals surface area (Å²) < 4.78 is 5.80. The molecular formula is C23H26O3. The summed E-state index contributed by atoms with van der Waals surface area (Å²) in [5.41, 5.74) is 5.08. The predicted molar refractivity (Wildman–Crippen MR) is 106 cm³/mol. The Bertz CT molecular complexity index is 936. The average Bonchev–Trinajstić information content (AvgIpc) is 2.94. The van der Waals surface area contributed by atoms with Crippen LogP contribution in [0.5, 0.6) is 0 Å². The van der Waals surface area contributed by atoms with Crippen molar-refractivity contribution >= 4 is 23.0 Å². The van der Waals surface area contributed by atoms with E-state index in [1.807, 2.05) is 12.1 Å². The summed E-state index contributed by atoms with van der Waals surface area (Å²) >= 11 is 0. The smallest absolute Gasteiger partial charge is 0.335 e. The van der Waals surface area contributed by atoms with Gasteiger partial charge in [0.05, 0.1) is 5.56 Å². The van der Waals surface area contributed by atoms with Crippen LogP contribution in [-0.2, 0) is 0 Å². The molecule has 1 aromatic heterocycles. The molecule has 0 spiro atoms. The summed E-state index contributed by atoms with van der Waals surface area (Å²) in [6.07, 6.45) is 10.0.